The number of nitrogens with one attached hydrogen (secondary N) is 1. The smallest absolute Gasteiger partial charge is 0.00693 e. The molecule has 13 heavy (non-hydrogen) atoms. The van der Waals surface area contributed by atoms with Gasteiger partial charge < -0.3 is 5.32 Å². The first-order valence-electron chi connectivity index (χ1n) is 6.05. The van der Waals surface area contributed by atoms with E-state index in [1.54, 1.807) is 0 Å². The first-order valence-corrected chi connectivity index (χ1v) is 6.05. The third-order valence-corrected chi connectivity index (χ3v) is 4.09. The molecule has 2 rings (SSSR count). The van der Waals surface area contributed by atoms with Gasteiger partial charge in [-0.1, -0.05) is 38.5 Å². The second kappa shape index (κ2) is 4.45. The first kappa shape index (κ1) is 9.51. The van der Waals surface area contributed by atoms with Crippen LogP contribution in [0.4, 0.5) is 0 Å². The normalized spacial score (nSPS) is 24.5. The van der Waals surface area contributed by atoms with Gasteiger partial charge in [-0.2, -0.15) is 0 Å². The number of hydrogen-bond acceptors (Lipinski definition) is 1. The van der Waals surface area contributed by atoms with E-state index in [0.717, 1.165) is 17.9 Å². The van der Waals surface area contributed by atoms with E-state index >= 15 is 0 Å². The lowest BCUT2D eigenvalue weighted by atomic mass is 9.76. The van der Waals surface area contributed by atoms with E-state index in [4.69, 9.17) is 0 Å². The fourth-order valence-corrected chi connectivity index (χ4v) is 2.59. The van der Waals surface area contributed by atoms with Crippen molar-refractivity contribution in [3.63, 3.8) is 0 Å². The third kappa shape index (κ3) is 2.46. The van der Waals surface area contributed by atoms with Crippen molar-refractivity contribution in [2.75, 3.05) is 7.05 Å². The van der Waals surface area contributed by atoms with Crippen molar-refractivity contribution in [2.45, 2.75) is 57.4 Å². The van der Waals surface area contributed by atoms with Crippen LogP contribution in [-0.4, -0.2) is 13.1 Å². The Balaban J connectivity index is 1.65. The summed E-state index contributed by atoms with van der Waals surface area (Å²) >= 11 is 0. The fourth-order valence-electron chi connectivity index (χ4n) is 2.59. The summed E-state index contributed by atoms with van der Waals surface area (Å²) in [6, 6.07) is 0.829. The summed E-state index contributed by atoms with van der Waals surface area (Å²) in [4.78, 5) is 0. The molecule has 2 aliphatic carbocycles. The highest BCUT2D eigenvalue weighted by atomic mass is 14.9. The molecule has 76 valence electrons. The standard InChI is InChI=1S/C12H23N/c1-13-12(8-10-4-2-5-10)9-11-6-3-7-11/h10-13H,2-9H2,1H3. The third-order valence-electron chi connectivity index (χ3n) is 4.09. The SMILES string of the molecule is CNC(CC1CCC1)CC1CCC1. The van der Waals surface area contributed by atoms with E-state index in [9.17, 15) is 0 Å². The van der Waals surface area contributed by atoms with E-state index in [2.05, 4.69) is 12.4 Å². The second-order valence-electron chi connectivity index (χ2n) is 5.05. The van der Waals surface area contributed by atoms with Gasteiger partial charge in [0, 0.05) is 6.04 Å². The Morgan fingerprint density at radius 3 is 1.69 bits per heavy atom. The van der Waals surface area contributed by atoms with Gasteiger partial charge in [0.05, 0.1) is 0 Å². The monoisotopic (exact) mass is 181 g/mol. The molecular formula is C12H23N. The summed E-state index contributed by atoms with van der Waals surface area (Å²) in [7, 11) is 2.14. The van der Waals surface area contributed by atoms with Gasteiger partial charge in [0.1, 0.15) is 0 Å². The Morgan fingerprint density at radius 2 is 1.46 bits per heavy atom. The van der Waals surface area contributed by atoms with Gasteiger partial charge in [0.15, 0.2) is 0 Å². The molecule has 2 fully saturated rings. The number of hydrogen-bond donors (Lipinski definition) is 1. The molecule has 0 bridgehead atoms. The summed E-state index contributed by atoms with van der Waals surface area (Å²) in [5.41, 5.74) is 0. The van der Waals surface area contributed by atoms with E-state index in [1.165, 1.54) is 51.4 Å². The zero-order chi connectivity index (χ0) is 9.10. The maximum atomic E-state index is 3.50. The highest BCUT2D eigenvalue weighted by molar-refractivity contribution is 4.81. The van der Waals surface area contributed by atoms with Crippen LogP contribution in [0.3, 0.4) is 0 Å². The average molecular weight is 181 g/mol. The molecule has 1 heteroatoms. The molecule has 2 saturated carbocycles. The van der Waals surface area contributed by atoms with Gasteiger partial charge >= 0.3 is 0 Å². The van der Waals surface area contributed by atoms with Gasteiger partial charge in [0.25, 0.3) is 0 Å². The van der Waals surface area contributed by atoms with Gasteiger partial charge in [0.2, 0.25) is 0 Å². The van der Waals surface area contributed by atoms with Crippen LogP contribution in [0.25, 0.3) is 0 Å². The topological polar surface area (TPSA) is 12.0 Å². The molecule has 0 unspecified atom stereocenters. The molecule has 0 amide bonds. The van der Waals surface area contributed by atoms with Crippen molar-refractivity contribution in [3.8, 4) is 0 Å². The minimum absolute atomic E-state index is 0.829. The van der Waals surface area contributed by atoms with Crippen molar-refractivity contribution >= 4 is 0 Å². The molecule has 0 spiro atoms. The van der Waals surface area contributed by atoms with Crippen LogP contribution in [0.15, 0.2) is 0 Å². The summed E-state index contributed by atoms with van der Waals surface area (Å²) in [6.45, 7) is 0. The summed E-state index contributed by atoms with van der Waals surface area (Å²) in [5, 5.41) is 3.50. The van der Waals surface area contributed by atoms with Crippen LogP contribution in [0.1, 0.15) is 51.4 Å². The van der Waals surface area contributed by atoms with Crippen molar-refractivity contribution in [3.05, 3.63) is 0 Å². The summed E-state index contributed by atoms with van der Waals surface area (Å²) in [6.07, 6.45) is 11.9. The van der Waals surface area contributed by atoms with Crippen LogP contribution in [0, 0.1) is 11.8 Å². The van der Waals surface area contributed by atoms with Gasteiger partial charge in [-0.3, -0.25) is 0 Å². The molecule has 0 atom stereocenters. The quantitative estimate of drug-likeness (QED) is 0.687. The second-order valence-corrected chi connectivity index (χ2v) is 5.05. The zero-order valence-electron chi connectivity index (χ0n) is 8.89. The predicted octanol–water partition coefficient (Wildman–Crippen LogP) is 2.95. The zero-order valence-corrected chi connectivity index (χ0v) is 8.89. The molecule has 0 aliphatic heterocycles. The Bertz CT molecular complexity index is 131. The van der Waals surface area contributed by atoms with E-state index in [1.807, 2.05) is 0 Å². The van der Waals surface area contributed by atoms with Gasteiger partial charge in [-0.25, -0.2) is 0 Å². The molecule has 0 radical (unpaired) electrons. The fraction of sp³-hybridized carbons (Fsp3) is 1.00. The molecule has 0 aromatic rings. The molecule has 1 N–H and O–H groups in total. The summed E-state index contributed by atoms with van der Waals surface area (Å²) < 4.78 is 0. The van der Waals surface area contributed by atoms with Gasteiger partial charge in [-0.05, 0) is 31.7 Å². The largest absolute Gasteiger partial charge is 0.317 e. The van der Waals surface area contributed by atoms with Crippen molar-refractivity contribution in [1.29, 1.82) is 0 Å². The maximum Gasteiger partial charge on any atom is 0.00693 e. The van der Waals surface area contributed by atoms with E-state index in [-0.39, 0.29) is 0 Å². The minimum Gasteiger partial charge on any atom is -0.317 e. The van der Waals surface area contributed by atoms with Crippen LogP contribution >= 0.6 is 0 Å². The molecular weight excluding hydrogens is 158 g/mol. The van der Waals surface area contributed by atoms with Crippen molar-refractivity contribution < 1.29 is 0 Å². The van der Waals surface area contributed by atoms with Gasteiger partial charge in [-0.15, -0.1) is 0 Å². The maximum absolute atomic E-state index is 3.50. The van der Waals surface area contributed by atoms with E-state index in [0.29, 0.717) is 0 Å². The minimum atomic E-state index is 0.829. The molecule has 0 aromatic carbocycles. The first-order chi connectivity index (χ1) is 6.38. The van der Waals surface area contributed by atoms with E-state index < -0.39 is 0 Å². The molecule has 0 heterocycles. The Morgan fingerprint density at radius 1 is 1.00 bits per heavy atom. The van der Waals surface area contributed by atoms with Crippen molar-refractivity contribution in [1.82, 2.24) is 5.32 Å². The highest BCUT2D eigenvalue weighted by Gasteiger charge is 2.25. The van der Waals surface area contributed by atoms with Crippen LogP contribution in [0.2, 0.25) is 0 Å². The summed E-state index contributed by atoms with van der Waals surface area (Å²) in [5.74, 6) is 2.13. The predicted molar refractivity (Wildman–Crippen MR) is 56.8 cm³/mol. The van der Waals surface area contributed by atoms with Crippen molar-refractivity contribution in [2.24, 2.45) is 11.8 Å². The molecule has 2 aliphatic rings. The van der Waals surface area contributed by atoms with Crippen LogP contribution in [-0.2, 0) is 0 Å². The molecule has 1 nitrogen and oxygen atoms in total. The highest BCUT2D eigenvalue weighted by Crippen LogP contribution is 2.35. The molecule has 0 aromatic heterocycles. The Hall–Kier alpha value is -0.0400. The lowest BCUT2D eigenvalue weighted by Gasteiger charge is -2.34. The number of rotatable bonds is 5. The Kier molecular flexibility index (Phi) is 3.26. The van der Waals surface area contributed by atoms with Crippen LogP contribution < -0.4 is 5.32 Å². The lowest BCUT2D eigenvalue weighted by molar-refractivity contribution is 0.212. The Labute approximate surface area is 82.3 Å². The lowest BCUT2D eigenvalue weighted by Crippen LogP contribution is -2.33. The average Bonchev–Trinajstić information content (AvgIpc) is 1.98. The molecule has 0 saturated heterocycles. The van der Waals surface area contributed by atoms with Crippen LogP contribution in [0.5, 0.6) is 0 Å².